The van der Waals surface area contributed by atoms with Crippen LogP contribution in [0.2, 0.25) is 0 Å². The molecule has 0 aliphatic rings. The molecule has 21 heavy (non-hydrogen) atoms. The normalized spacial score (nSPS) is 11.9. The summed E-state index contributed by atoms with van der Waals surface area (Å²) in [5.74, 6) is -0.311. The van der Waals surface area contributed by atoms with Crippen molar-refractivity contribution in [1.82, 2.24) is 0 Å². The first-order valence-corrected chi connectivity index (χ1v) is 6.86. The molecule has 0 radical (unpaired) electrons. The Hall–Kier alpha value is -2.43. The molecule has 0 bridgehead atoms. The van der Waals surface area contributed by atoms with E-state index in [1.165, 1.54) is 18.2 Å². The number of halogens is 1. The van der Waals surface area contributed by atoms with Gasteiger partial charge in [0.2, 0.25) is 0 Å². The average molecular weight is 288 g/mol. The molecule has 1 unspecified atom stereocenters. The molecule has 0 saturated heterocycles. The van der Waals surface area contributed by atoms with E-state index >= 15 is 0 Å². The number of nitrogens with zero attached hydrogens (tertiary/aromatic N) is 1. The monoisotopic (exact) mass is 288 g/mol. The van der Waals surface area contributed by atoms with E-state index in [-0.39, 0.29) is 17.5 Å². The van der Waals surface area contributed by atoms with Crippen LogP contribution in [0.25, 0.3) is 0 Å². The summed E-state index contributed by atoms with van der Waals surface area (Å²) < 4.78 is 13.2. The first kappa shape index (κ1) is 15.0. The molecule has 5 heteroatoms. The first-order chi connectivity index (χ1) is 10.1. The van der Waals surface area contributed by atoms with Crippen molar-refractivity contribution in [2.45, 2.75) is 25.8 Å². The Morgan fingerprint density at radius 1 is 1.24 bits per heavy atom. The Kier molecular flexibility index (Phi) is 4.87. The van der Waals surface area contributed by atoms with Gasteiger partial charge in [-0.1, -0.05) is 31.5 Å². The highest BCUT2D eigenvalue weighted by atomic mass is 19.1. The van der Waals surface area contributed by atoms with Crippen molar-refractivity contribution in [1.29, 1.82) is 0 Å². The van der Waals surface area contributed by atoms with E-state index in [0.29, 0.717) is 5.69 Å². The van der Waals surface area contributed by atoms with E-state index in [1.807, 2.05) is 13.0 Å². The number of hydrogen-bond acceptors (Lipinski definition) is 3. The lowest BCUT2D eigenvalue weighted by Gasteiger charge is -2.20. The lowest BCUT2D eigenvalue weighted by atomic mass is 10.0. The Balaban J connectivity index is 2.26. The van der Waals surface area contributed by atoms with Gasteiger partial charge in [-0.05, 0) is 30.2 Å². The van der Waals surface area contributed by atoms with E-state index in [9.17, 15) is 14.5 Å². The van der Waals surface area contributed by atoms with E-state index < -0.39 is 4.92 Å². The molecular weight excluding hydrogens is 271 g/mol. The minimum Gasteiger partial charge on any atom is -0.378 e. The predicted molar refractivity (Wildman–Crippen MR) is 80.8 cm³/mol. The number of benzene rings is 2. The third-order valence-corrected chi connectivity index (χ3v) is 3.23. The Morgan fingerprint density at radius 2 is 2.00 bits per heavy atom. The Bertz CT molecular complexity index is 631. The molecule has 1 N–H and O–H groups in total. The molecule has 0 fully saturated rings. The molecule has 0 aromatic heterocycles. The van der Waals surface area contributed by atoms with Gasteiger partial charge in [0.1, 0.15) is 5.82 Å². The molecular formula is C16H17FN2O2. The molecule has 2 aromatic carbocycles. The summed E-state index contributed by atoms with van der Waals surface area (Å²) in [6, 6.07) is 12.7. The number of hydrogen-bond donors (Lipinski definition) is 1. The smallest absolute Gasteiger partial charge is 0.269 e. The second-order valence-electron chi connectivity index (χ2n) is 4.85. The molecule has 0 aliphatic carbocycles. The summed E-state index contributed by atoms with van der Waals surface area (Å²) in [4.78, 5) is 10.5. The van der Waals surface area contributed by atoms with Gasteiger partial charge in [-0.25, -0.2) is 4.39 Å². The fourth-order valence-electron chi connectivity index (χ4n) is 2.25. The van der Waals surface area contributed by atoms with Crippen LogP contribution >= 0.6 is 0 Å². The van der Waals surface area contributed by atoms with Crippen molar-refractivity contribution in [3.63, 3.8) is 0 Å². The van der Waals surface area contributed by atoms with Crippen molar-refractivity contribution in [2.75, 3.05) is 5.32 Å². The van der Waals surface area contributed by atoms with Crippen LogP contribution in [0, 0.1) is 15.9 Å². The van der Waals surface area contributed by atoms with Crippen LogP contribution in [0.4, 0.5) is 15.8 Å². The molecule has 2 rings (SSSR count). The molecule has 0 aliphatic heterocycles. The second kappa shape index (κ2) is 6.83. The summed E-state index contributed by atoms with van der Waals surface area (Å²) in [6.07, 6.45) is 1.72. The summed E-state index contributed by atoms with van der Waals surface area (Å²) in [7, 11) is 0. The quantitative estimate of drug-likeness (QED) is 0.620. The van der Waals surface area contributed by atoms with Crippen LogP contribution < -0.4 is 5.32 Å². The molecule has 4 nitrogen and oxygen atoms in total. The van der Waals surface area contributed by atoms with Crippen molar-refractivity contribution in [3.05, 3.63) is 70.0 Å². The van der Waals surface area contributed by atoms with Crippen LogP contribution in [-0.4, -0.2) is 4.92 Å². The minimum absolute atomic E-state index is 0.0645. The zero-order valence-corrected chi connectivity index (χ0v) is 11.8. The summed E-state index contributed by atoms with van der Waals surface area (Å²) in [5, 5.41) is 14.1. The molecule has 0 saturated carbocycles. The third kappa shape index (κ3) is 4.02. The maximum Gasteiger partial charge on any atom is 0.269 e. The molecule has 2 aromatic rings. The van der Waals surface area contributed by atoms with Crippen molar-refractivity contribution in [3.8, 4) is 0 Å². The van der Waals surface area contributed by atoms with Gasteiger partial charge in [0.25, 0.3) is 5.69 Å². The number of non-ortho nitro benzene ring substituents is 1. The van der Waals surface area contributed by atoms with Gasteiger partial charge in [-0.15, -0.1) is 0 Å². The zero-order chi connectivity index (χ0) is 15.2. The van der Waals surface area contributed by atoms with Crippen LogP contribution in [0.5, 0.6) is 0 Å². The highest BCUT2D eigenvalue weighted by Gasteiger charge is 2.14. The Labute approximate surface area is 122 Å². The van der Waals surface area contributed by atoms with Crippen LogP contribution in [0.15, 0.2) is 48.5 Å². The molecule has 1 atom stereocenters. The van der Waals surface area contributed by atoms with E-state index in [2.05, 4.69) is 5.32 Å². The predicted octanol–water partition coefficient (Wildman–Crippen LogP) is 4.69. The zero-order valence-electron chi connectivity index (χ0n) is 11.8. The van der Waals surface area contributed by atoms with E-state index in [4.69, 9.17) is 0 Å². The van der Waals surface area contributed by atoms with Crippen molar-refractivity contribution in [2.24, 2.45) is 0 Å². The lowest BCUT2D eigenvalue weighted by molar-refractivity contribution is -0.384. The van der Waals surface area contributed by atoms with Crippen molar-refractivity contribution < 1.29 is 9.31 Å². The van der Waals surface area contributed by atoms with Gasteiger partial charge < -0.3 is 5.32 Å². The van der Waals surface area contributed by atoms with Gasteiger partial charge in [0, 0.05) is 17.8 Å². The molecule has 0 heterocycles. The largest absolute Gasteiger partial charge is 0.378 e. The number of nitrogens with one attached hydrogen (secondary N) is 1. The van der Waals surface area contributed by atoms with E-state index in [1.54, 1.807) is 24.3 Å². The van der Waals surface area contributed by atoms with Crippen LogP contribution in [0.1, 0.15) is 31.4 Å². The third-order valence-electron chi connectivity index (χ3n) is 3.23. The molecule has 110 valence electrons. The standard InChI is InChI=1S/C16H17FN2O2/c1-2-5-16(18-14-8-4-7-13(17)11-14)12-6-3-9-15(10-12)19(20)21/h3-4,6-11,16,18H,2,5H2,1H3. The Morgan fingerprint density at radius 3 is 2.67 bits per heavy atom. The minimum atomic E-state index is -0.408. The number of nitro groups is 1. The average Bonchev–Trinajstić information content (AvgIpc) is 2.47. The maximum absolute atomic E-state index is 13.2. The van der Waals surface area contributed by atoms with Gasteiger partial charge in [0.15, 0.2) is 0 Å². The maximum atomic E-state index is 13.2. The number of nitro benzene ring substituents is 1. The van der Waals surface area contributed by atoms with Gasteiger partial charge in [-0.3, -0.25) is 10.1 Å². The van der Waals surface area contributed by atoms with Crippen molar-refractivity contribution >= 4 is 11.4 Å². The number of anilines is 1. The first-order valence-electron chi connectivity index (χ1n) is 6.86. The highest BCUT2D eigenvalue weighted by molar-refractivity contribution is 5.47. The fraction of sp³-hybridized carbons (Fsp3) is 0.250. The van der Waals surface area contributed by atoms with Gasteiger partial charge in [-0.2, -0.15) is 0 Å². The van der Waals surface area contributed by atoms with Gasteiger partial charge in [0.05, 0.1) is 11.0 Å². The topological polar surface area (TPSA) is 55.2 Å². The molecule has 0 spiro atoms. The lowest BCUT2D eigenvalue weighted by Crippen LogP contribution is -2.11. The number of rotatable bonds is 6. The van der Waals surface area contributed by atoms with Crippen LogP contribution in [0.3, 0.4) is 0 Å². The summed E-state index contributed by atoms with van der Waals surface area (Å²) in [5.41, 5.74) is 1.56. The van der Waals surface area contributed by atoms with E-state index in [0.717, 1.165) is 18.4 Å². The summed E-state index contributed by atoms with van der Waals surface area (Å²) in [6.45, 7) is 2.04. The van der Waals surface area contributed by atoms with Gasteiger partial charge >= 0.3 is 0 Å². The molecule has 0 amide bonds. The fourth-order valence-corrected chi connectivity index (χ4v) is 2.25. The summed E-state index contributed by atoms with van der Waals surface area (Å²) >= 11 is 0. The highest BCUT2D eigenvalue weighted by Crippen LogP contribution is 2.26. The SMILES string of the molecule is CCCC(Nc1cccc(F)c1)c1cccc([N+](=O)[O-])c1. The van der Waals surface area contributed by atoms with Crippen LogP contribution in [-0.2, 0) is 0 Å². The second-order valence-corrected chi connectivity index (χ2v) is 4.85.